The van der Waals surface area contributed by atoms with Gasteiger partial charge in [-0.1, -0.05) is 6.92 Å². The zero-order valence-electron chi connectivity index (χ0n) is 10.5. The molecule has 3 rings (SSSR count). The summed E-state index contributed by atoms with van der Waals surface area (Å²) in [5.41, 5.74) is 2.44. The molecule has 5 nitrogen and oxygen atoms in total. The van der Waals surface area contributed by atoms with Gasteiger partial charge in [-0.15, -0.1) is 0 Å². The van der Waals surface area contributed by atoms with Gasteiger partial charge in [0.05, 0.1) is 24.1 Å². The summed E-state index contributed by atoms with van der Waals surface area (Å²) in [6.07, 6.45) is 3.03. The van der Waals surface area contributed by atoms with Crippen LogP contribution in [-0.4, -0.2) is 32.7 Å². The van der Waals surface area contributed by atoms with Crippen LogP contribution in [0.5, 0.6) is 0 Å². The minimum Gasteiger partial charge on any atom is -0.390 e. The van der Waals surface area contributed by atoms with E-state index in [4.69, 9.17) is 5.11 Å². The second kappa shape index (κ2) is 4.66. The number of imidazole rings is 1. The molecule has 5 heteroatoms. The molecule has 3 heterocycles. The van der Waals surface area contributed by atoms with Crippen molar-refractivity contribution in [3.63, 3.8) is 0 Å². The first-order valence-electron chi connectivity index (χ1n) is 6.42. The summed E-state index contributed by atoms with van der Waals surface area (Å²) >= 11 is 0. The van der Waals surface area contributed by atoms with Gasteiger partial charge in [-0.25, -0.2) is 9.97 Å². The predicted molar refractivity (Wildman–Crippen MR) is 69.1 cm³/mol. The minimum absolute atomic E-state index is 0.0369. The summed E-state index contributed by atoms with van der Waals surface area (Å²) in [4.78, 5) is 8.67. The van der Waals surface area contributed by atoms with E-state index in [0.29, 0.717) is 17.7 Å². The summed E-state index contributed by atoms with van der Waals surface area (Å²) in [6, 6.07) is 4.31. The molecule has 1 saturated heterocycles. The number of hydrogen-bond donors (Lipinski definition) is 2. The zero-order valence-corrected chi connectivity index (χ0v) is 10.5. The molecule has 1 aliphatic rings. The van der Waals surface area contributed by atoms with Crippen molar-refractivity contribution in [1.82, 2.24) is 19.9 Å². The Morgan fingerprint density at radius 2 is 2.33 bits per heavy atom. The van der Waals surface area contributed by atoms with Crippen LogP contribution in [0.25, 0.3) is 11.2 Å². The lowest BCUT2D eigenvalue weighted by atomic mass is 9.97. The van der Waals surface area contributed by atoms with Gasteiger partial charge in [0.2, 0.25) is 0 Å². The molecule has 0 aromatic carbocycles. The van der Waals surface area contributed by atoms with Crippen molar-refractivity contribution in [3.05, 3.63) is 24.2 Å². The third kappa shape index (κ3) is 2.00. The quantitative estimate of drug-likeness (QED) is 0.832. The highest BCUT2D eigenvalue weighted by molar-refractivity contribution is 5.71. The molecule has 0 amide bonds. The fourth-order valence-corrected chi connectivity index (χ4v) is 2.67. The van der Waals surface area contributed by atoms with Gasteiger partial charge in [-0.2, -0.15) is 0 Å². The average Bonchev–Trinajstić information content (AvgIpc) is 2.81. The molecule has 2 N–H and O–H groups in total. The molecule has 0 saturated carbocycles. The number of hydrogen-bond acceptors (Lipinski definition) is 4. The van der Waals surface area contributed by atoms with Crippen molar-refractivity contribution in [3.8, 4) is 0 Å². The monoisotopic (exact) mass is 246 g/mol. The van der Waals surface area contributed by atoms with Crippen molar-refractivity contribution in [2.75, 3.05) is 13.1 Å². The fourth-order valence-electron chi connectivity index (χ4n) is 2.67. The Kier molecular flexibility index (Phi) is 3.01. The molecule has 0 bridgehead atoms. The highest BCUT2D eigenvalue weighted by Gasteiger charge is 2.21. The van der Waals surface area contributed by atoms with E-state index in [1.54, 1.807) is 0 Å². The van der Waals surface area contributed by atoms with Gasteiger partial charge in [-0.05, 0) is 31.0 Å². The van der Waals surface area contributed by atoms with E-state index in [-0.39, 0.29) is 6.61 Å². The Morgan fingerprint density at radius 1 is 1.44 bits per heavy atom. The molecule has 1 aliphatic heterocycles. The number of pyridine rings is 1. The number of aromatic nitrogens is 3. The van der Waals surface area contributed by atoms with Crippen molar-refractivity contribution >= 4 is 11.2 Å². The molecule has 96 valence electrons. The molecule has 0 aliphatic carbocycles. The molecule has 1 unspecified atom stereocenters. The molecular formula is C13H18N4O. The van der Waals surface area contributed by atoms with Crippen LogP contribution in [0.4, 0.5) is 0 Å². The molecule has 2 atom stereocenters. The van der Waals surface area contributed by atoms with Crippen LogP contribution < -0.4 is 5.32 Å². The lowest BCUT2D eigenvalue weighted by Gasteiger charge is -2.29. The average molecular weight is 246 g/mol. The van der Waals surface area contributed by atoms with E-state index in [9.17, 15) is 0 Å². The number of rotatable bonds is 2. The van der Waals surface area contributed by atoms with Crippen LogP contribution >= 0.6 is 0 Å². The van der Waals surface area contributed by atoms with Gasteiger partial charge in [0.1, 0.15) is 0 Å². The first-order valence-corrected chi connectivity index (χ1v) is 6.42. The van der Waals surface area contributed by atoms with Crippen molar-refractivity contribution in [1.29, 1.82) is 0 Å². The maximum absolute atomic E-state index is 9.08. The van der Waals surface area contributed by atoms with E-state index < -0.39 is 0 Å². The number of piperidine rings is 1. The van der Waals surface area contributed by atoms with Crippen LogP contribution in [0.15, 0.2) is 18.5 Å². The highest BCUT2D eigenvalue weighted by atomic mass is 16.3. The topological polar surface area (TPSA) is 63.0 Å². The van der Waals surface area contributed by atoms with Gasteiger partial charge < -0.3 is 15.0 Å². The Balaban J connectivity index is 1.97. The van der Waals surface area contributed by atoms with E-state index in [1.165, 1.54) is 6.42 Å². The smallest absolute Gasteiger partial charge is 0.177 e. The third-order valence-electron chi connectivity index (χ3n) is 3.60. The molecule has 2 aromatic rings. The van der Waals surface area contributed by atoms with Gasteiger partial charge in [-0.3, -0.25) is 0 Å². The lowest BCUT2D eigenvalue weighted by Crippen LogP contribution is -2.36. The Bertz CT molecular complexity index is 551. The van der Waals surface area contributed by atoms with Crippen LogP contribution in [0.3, 0.4) is 0 Å². The van der Waals surface area contributed by atoms with Gasteiger partial charge in [0.15, 0.2) is 5.65 Å². The summed E-state index contributed by atoms with van der Waals surface area (Å²) in [7, 11) is 0. The van der Waals surface area contributed by atoms with E-state index in [0.717, 1.165) is 24.3 Å². The largest absolute Gasteiger partial charge is 0.390 e. The Labute approximate surface area is 106 Å². The second-order valence-electron chi connectivity index (χ2n) is 5.11. The molecular weight excluding hydrogens is 228 g/mol. The number of aliphatic hydroxyl groups excluding tert-OH is 1. The maximum Gasteiger partial charge on any atom is 0.177 e. The van der Waals surface area contributed by atoms with Crippen LogP contribution in [0, 0.1) is 5.92 Å². The molecule has 0 radical (unpaired) electrons. The van der Waals surface area contributed by atoms with Crippen LogP contribution in [-0.2, 0) is 6.61 Å². The SMILES string of the molecule is C[C@H]1CNCC(n2cnc3nc(CO)ccc32)C1. The zero-order chi connectivity index (χ0) is 12.5. The van der Waals surface area contributed by atoms with Crippen molar-refractivity contribution in [2.45, 2.75) is 26.0 Å². The van der Waals surface area contributed by atoms with Crippen molar-refractivity contribution in [2.24, 2.45) is 5.92 Å². The van der Waals surface area contributed by atoms with Crippen molar-refractivity contribution < 1.29 is 5.11 Å². The standard InChI is InChI=1S/C13H18N4O/c1-9-4-11(6-14-5-9)17-8-15-13-12(17)3-2-10(7-18)16-13/h2-3,8-9,11,14,18H,4-7H2,1H3/t9-,11?/m1/s1. The minimum atomic E-state index is -0.0369. The predicted octanol–water partition coefficient (Wildman–Crippen LogP) is 1.09. The van der Waals surface area contributed by atoms with E-state index >= 15 is 0 Å². The van der Waals surface area contributed by atoms with Crippen LogP contribution in [0.2, 0.25) is 0 Å². The summed E-state index contributed by atoms with van der Waals surface area (Å²) in [5.74, 6) is 0.686. The Morgan fingerprint density at radius 3 is 3.11 bits per heavy atom. The Hall–Kier alpha value is -1.46. The number of aliphatic hydroxyl groups is 1. The maximum atomic E-state index is 9.08. The first kappa shape index (κ1) is 11.6. The summed E-state index contributed by atoms with van der Waals surface area (Å²) in [5, 5.41) is 12.5. The van der Waals surface area contributed by atoms with Crippen LogP contribution in [0.1, 0.15) is 25.1 Å². The van der Waals surface area contributed by atoms with E-state index in [2.05, 4.69) is 26.8 Å². The summed E-state index contributed by atoms with van der Waals surface area (Å²) < 4.78 is 2.20. The number of nitrogens with zero attached hydrogens (tertiary/aromatic N) is 3. The first-order chi connectivity index (χ1) is 8.78. The third-order valence-corrected chi connectivity index (χ3v) is 3.60. The molecule has 1 fully saturated rings. The second-order valence-corrected chi connectivity index (χ2v) is 5.11. The highest BCUT2D eigenvalue weighted by Crippen LogP contribution is 2.24. The molecule has 0 spiro atoms. The number of fused-ring (bicyclic) bond motifs is 1. The van der Waals surface area contributed by atoms with Gasteiger partial charge >= 0.3 is 0 Å². The molecule has 2 aromatic heterocycles. The van der Waals surface area contributed by atoms with Gasteiger partial charge in [0, 0.05) is 12.6 Å². The van der Waals surface area contributed by atoms with Gasteiger partial charge in [0.25, 0.3) is 0 Å². The summed E-state index contributed by atoms with van der Waals surface area (Å²) in [6.45, 7) is 4.30. The lowest BCUT2D eigenvalue weighted by molar-refractivity contribution is 0.277. The van der Waals surface area contributed by atoms with E-state index in [1.807, 2.05) is 18.5 Å². The fraction of sp³-hybridized carbons (Fsp3) is 0.538. The normalized spacial score (nSPS) is 24.6. The molecule has 18 heavy (non-hydrogen) atoms. The number of nitrogens with one attached hydrogen (secondary N) is 1.